The van der Waals surface area contributed by atoms with E-state index in [4.69, 9.17) is 14.2 Å². The van der Waals surface area contributed by atoms with Crippen LogP contribution in [0.3, 0.4) is 0 Å². The number of rotatable bonds is 9. The van der Waals surface area contributed by atoms with Crippen LogP contribution in [0.15, 0.2) is 23.4 Å². The second-order valence-electron chi connectivity index (χ2n) is 6.60. The average Bonchev–Trinajstić information content (AvgIpc) is 3.14. The predicted octanol–water partition coefficient (Wildman–Crippen LogP) is 2.54. The first-order chi connectivity index (χ1) is 14.1. The van der Waals surface area contributed by atoms with E-state index in [9.17, 15) is 4.79 Å². The van der Waals surface area contributed by atoms with Gasteiger partial charge in [0, 0.05) is 19.6 Å². The second kappa shape index (κ2) is 10.5. The Hall–Kier alpha value is -2.26. The van der Waals surface area contributed by atoms with Crippen LogP contribution in [0.2, 0.25) is 0 Å². The van der Waals surface area contributed by atoms with E-state index in [1.54, 1.807) is 0 Å². The highest BCUT2D eigenvalue weighted by Crippen LogP contribution is 2.29. The number of nitrogens with zero attached hydrogens (tertiary/aromatic N) is 4. The molecule has 0 atom stereocenters. The van der Waals surface area contributed by atoms with E-state index in [2.05, 4.69) is 10.2 Å². The van der Waals surface area contributed by atoms with Gasteiger partial charge in [-0.1, -0.05) is 17.8 Å². The van der Waals surface area contributed by atoms with Gasteiger partial charge in [0.15, 0.2) is 22.5 Å². The van der Waals surface area contributed by atoms with Crippen molar-refractivity contribution in [3.8, 4) is 11.5 Å². The summed E-state index contributed by atoms with van der Waals surface area (Å²) < 4.78 is 18.9. The lowest BCUT2D eigenvalue weighted by molar-refractivity contribution is -0.132. The number of ether oxygens (including phenoxy) is 3. The minimum atomic E-state index is 0.0998. The van der Waals surface area contributed by atoms with Crippen LogP contribution in [0, 0.1) is 6.92 Å². The molecule has 1 aliphatic heterocycles. The molecule has 0 bridgehead atoms. The number of carbonyl (C=O) groups excluding carboxylic acids is 1. The third-order valence-electron chi connectivity index (χ3n) is 4.55. The highest BCUT2D eigenvalue weighted by Gasteiger charge is 2.19. The zero-order chi connectivity index (χ0) is 20.6. The van der Waals surface area contributed by atoms with Crippen molar-refractivity contribution in [1.82, 2.24) is 19.7 Å². The molecule has 0 saturated carbocycles. The van der Waals surface area contributed by atoms with Crippen LogP contribution in [0.1, 0.15) is 25.2 Å². The van der Waals surface area contributed by atoms with E-state index in [1.165, 1.54) is 11.8 Å². The first kappa shape index (κ1) is 21.4. The van der Waals surface area contributed by atoms with Crippen molar-refractivity contribution in [3.63, 3.8) is 0 Å². The van der Waals surface area contributed by atoms with Crippen LogP contribution in [0.5, 0.6) is 11.5 Å². The summed E-state index contributed by atoms with van der Waals surface area (Å²) in [6, 6.07) is 5.85. The Morgan fingerprint density at radius 3 is 2.69 bits per heavy atom. The van der Waals surface area contributed by atoms with Gasteiger partial charge in [0.25, 0.3) is 0 Å². The van der Waals surface area contributed by atoms with Crippen molar-refractivity contribution >= 4 is 17.7 Å². The van der Waals surface area contributed by atoms with E-state index >= 15 is 0 Å². The molecule has 1 amide bonds. The van der Waals surface area contributed by atoms with Crippen molar-refractivity contribution in [2.75, 3.05) is 38.7 Å². The van der Waals surface area contributed by atoms with Gasteiger partial charge in [-0.2, -0.15) is 0 Å². The largest absolute Gasteiger partial charge is 0.490 e. The summed E-state index contributed by atoms with van der Waals surface area (Å²) in [5.74, 6) is 2.56. The number of hydrogen-bond donors (Lipinski definition) is 0. The van der Waals surface area contributed by atoms with E-state index in [0.29, 0.717) is 51.0 Å². The first-order valence-corrected chi connectivity index (χ1v) is 10.9. The van der Waals surface area contributed by atoms with Crippen molar-refractivity contribution in [2.45, 2.75) is 39.1 Å². The fourth-order valence-electron chi connectivity index (χ4n) is 3.03. The van der Waals surface area contributed by atoms with Crippen LogP contribution in [-0.4, -0.2) is 64.2 Å². The predicted molar refractivity (Wildman–Crippen MR) is 110 cm³/mol. The number of benzene rings is 1. The summed E-state index contributed by atoms with van der Waals surface area (Å²) in [6.45, 7) is 10.0. The van der Waals surface area contributed by atoms with Gasteiger partial charge in [0.1, 0.15) is 6.61 Å². The highest BCUT2D eigenvalue weighted by molar-refractivity contribution is 7.99. The summed E-state index contributed by atoms with van der Waals surface area (Å²) in [4.78, 5) is 14.2. The summed E-state index contributed by atoms with van der Waals surface area (Å²) in [6.07, 6.45) is 0. The summed E-state index contributed by atoms with van der Waals surface area (Å²) >= 11 is 1.41. The lowest BCUT2D eigenvalue weighted by atomic mass is 10.2. The minimum Gasteiger partial charge on any atom is -0.490 e. The van der Waals surface area contributed by atoms with Gasteiger partial charge in [-0.25, -0.2) is 0 Å². The molecule has 2 aromatic rings. The van der Waals surface area contributed by atoms with Crippen LogP contribution < -0.4 is 9.47 Å². The van der Waals surface area contributed by atoms with Crippen LogP contribution in [-0.2, 0) is 22.7 Å². The normalized spacial score (nSPS) is 14.1. The molecule has 1 aromatic heterocycles. The SMILES string of the molecule is CCOc1cc(C)ccc1OCc1nnc(SCC(=O)N2CCOCC2)n1CC. The maximum atomic E-state index is 12.4. The zero-order valence-electron chi connectivity index (χ0n) is 17.2. The molecule has 9 heteroatoms. The number of amides is 1. The minimum absolute atomic E-state index is 0.0998. The number of hydrogen-bond acceptors (Lipinski definition) is 7. The lowest BCUT2D eigenvalue weighted by Gasteiger charge is -2.26. The Bertz CT molecular complexity index is 821. The summed E-state index contributed by atoms with van der Waals surface area (Å²) in [5.41, 5.74) is 1.11. The molecular weight excluding hydrogens is 392 g/mol. The molecule has 29 heavy (non-hydrogen) atoms. The van der Waals surface area contributed by atoms with E-state index in [-0.39, 0.29) is 12.5 Å². The molecule has 0 N–H and O–H groups in total. The van der Waals surface area contributed by atoms with Gasteiger partial charge < -0.3 is 23.7 Å². The van der Waals surface area contributed by atoms with Crippen molar-refractivity contribution in [3.05, 3.63) is 29.6 Å². The molecule has 3 rings (SSSR count). The molecule has 158 valence electrons. The topological polar surface area (TPSA) is 78.7 Å². The molecule has 1 fully saturated rings. The average molecular weight is 421 g/mol. The Morgan fingerprint density at radius 2 is 1.97 bits per heavy atom. The molecule has 1 aromatic carbocycles. The van der Waals surface area contributed by atoms with Gasteiger partial charge in [0.05, 0.1) is 25.6 Å². The smallest absolute Gasteiger partial charge is 0.233 e. The third-order valence-corrected chi connectivity index (χ3v) is 5.51. The number of carbonyl (C=O) groups is 1. The third kappa shape index (κ3) is 5.63. The van der Waals surface area contributed by atoms with Gasteiger partial charge >= 0.3 is 0 Å². The maximum absolute atomic E-state index is 12.4. The van der Waals surface area contributed by atoms with Crippen LogP contribution in [0.4, 0.5) is 0 Å². The van der Waals surface area contributed by atoms with Crippen molar-refractivity contribution < 1.29 is 19.0 Å². The fourth-order valence-corrected chi connectivity index (χ4v) is 3.95. The van der Waals surface area contributed by atoms with Crippen LogP contribution >= 0.6 is 11.8 Å². The van der Waals surface area contributed by atoms with Crippen molar-refractivity contribution in [2.24, 2.45) is 0 Å². The Balaban J connectivity index is 1.61. The van der Waals surface area contributed by atoms with E-state index < -0.39 is 0 Å². The molecule has 8 nitrogen and oxygen atoms in total. The molecular formula is C20H28N4O4S. The highest BCUT2D eigenvalue weighted by atomic mass is 32.2. The lowest BCUT2D eigenvalue weighted by Crippen LogP contribution is -2.41. The number of aryl methyl sites for hydroxylation is 1. The Kier molecular flexibility index (Phi) is 7.76. The monoisotopic (exact) mass is 420 g/mol. The fraction of sp³-hybridized carbons (Fsp3) is 0.550. The zero-order valence-corrected chi connectivity index (χ0v) is 18.0. The second-order valence-corrected chi connectivity index (χ2v) is 7.54. The Labute approximate surface area is 175 Å². The number of aromatic nitrogens is 3. The molecule has 0 aliphatic carbocycles. The molecule has 1 aliphatic rings. The number of morpholine rings is 1. The van der Waals surface area contributed by atoms with Gasteiger partial charge in [-0.15, -0.1) is 10.2 Å². The molecule has 0 unspecified atom stereocenters. The first-order valence-electron chi connectivity index (χ1n) is 9.89. The molecule has 2 heterocycles. The van der Waals surface area contributed by atoms with Crippen molar-refractivity contribution in [1.29, 1.82) is 0 Å². The van der Waals surface area contributed by atoms with E-state index in [1.807, 2.05) is 48.4 Å². The Morgan fingerprint density at radius 1 is 1.17 bits per heavy atom. The number of thioether (sulfide) groups is 1. The van der Waals surface area contributed by atoms with E-state index in [0.717, 1.165) is 22.3 Å². The standard InChI is InChI=1S/C20H28N4O4S/c1-4-24-18(13-28-16-7-6-15(3)12-17(16)27-5-2)21-22-20(24)29-14-19(25)23-8-10-26-11-9-23/h6-7,12H,4-5,8-11,13-14H2,1-3H3. The maximum Gasteiger partial charge on any atom is 0.233 e. The summed E-state index contributed by atoms with van der Waals surface area (Å²) in [5, 5.41) is 9.25. The molecule has 0 radical (unpaired) electrons. The van der Waals surface area contributed by atoms with Crippen LogP contribution in [0.25, 0.3) is 0 Å². The summed E-state index contributed by atoms with van der Waals surface area (Å²) in [7, 11) is 0. The molecule has 1 saturated heterocycles. The van der Waals surface area contributed by atoms with Gasteiger partial charge in [-0.3, -0.25) is 4.79 Å². The van der Waals surface area contributed by atoms with Gasteiger partial charge in [0.2, 0.25) is 5.91 Å². The van der Waals surface area contributed by atoms with Gasteiger partial charge in [-0.05, 0) is 38.5 Å². The molecule has 0 spiro atoms. The quantitative estimate of drug-likeness (QED) is 0.577.